The van der Waals surface area contributed by atoms with Gasteiger partial charge in [0, 0.05) is 0 Å². The Bertz CT molecular complexity index is 579. The monoisotopic (exact) mass is 282 g/mol. The topological polar surface area (TPSA) is 123 Å². The molecule has 2 N–H and O–H groups in total. The van der Waals surface area contributed by atoms with Gasteiger partial charge in [-0.3, -0.25) is 19.7 Å². The Morgan fingerprint density at radius 1 is 1.53 bits per heavy atom. The van der Waals surface area contributed by atoms with Gasteiger partial charge in [0.05, 0.1) is 23.1 Å². The highest BCUT2D eigenvalue weighted by atomic mass is 19.4. The second-order valence-corrected chi connectivity index (χ2v) is 3.20. The number of aromatic nitrogens is 1. The van der Waals surface area contributed by atoms with Crippen LogP contribution >= 0.6 is 0 Å². The first kappa shape index (κ1) is 14.5. The molecular formula is C8H5F3N2O6. The number of halogens is 3. The molecule has 0 aliphatic carbocycles. The van der Waals surface area contributed by atoms with E-state index < -0.39 is 46.4 Å². The van der Waals surface area contributed by atoms with Crippen molar-refractivity contribution in [1.82, 2.24) is 4.98 Å². The number of alkyl halides is 3. The largest absolute Gasteiger partial charge is 0.573 e. The van der Waals surface area contributed by atoms with Crippen molar-refractivity contribution >= 4 is 11.7 Å². The summed E-state index contributed by atoms with van der Waals surface area (Å²) in [5.41, 5.74) is -3.23. The summed E-state index contributed by atoms with van der Waals surface area (Å²) in [5.74, 6) is -2.68. The zero-order chi connectivity index (χ0) is 14.8. The molecule has 0 aliphatic heterocycles. The standard InChI is InChI=1S/C8H5F3N2O6/c9-8(10,11)19-5-2-4(13(17)18)7(16)12-3(5)1-6(14)15/h2H,1H2,(H,12,16)(H,14,15). The third-order valence-corrected chi connectivity index (χ3v) is 1.81. The van der Waals surface area contributed by atoms with Crippen LogP contribution in [0.25, 0.3) is 0 Å². The van der Waals surface area contributed by atoms with Crippen LogP contribution in [0.3, 0.4) is 0 Å². The number of H-pyrrole nitrogens is 1. The van der Waals surface area contributed by atoms with Crippen LogP contribution < -0.4 is 10.3 Å². The van der Waals surface area contributed by atoms with Gasteiger partial charge in [0.2, 0.25) is 0 Å². The minimum atomic E-state index is -5.18. The molecule has 0 saturated carbocycles. The highest BCUT2D eigenvalue weighted by Crippen LogP contribution is 2.27. The maximum absolute atomic E-state index is 12.1. The number of rotatable bonds is 4. The Balaban J connectivity index is 3.36. The van der Waals surface area contributed by atoms with E-state index in [0.717, 1.165) is 0 Å². The lowest BCUT2D eigenvalue weighted by molar-refractivity contribution is -0.386. The van der Waals surface area contributed by atoms with E-state index in [1.54, 1.807) is 4.98 Å². The SMILES string of the molecule is O=C(O)Cc1[nH]c(=O)c([N+](=O)[O-])cc1OC(F)(F)F. The van der Waals surface area contributed by atoms with Crippen LogP contribution in [-0.2, 0) is 11.2 Å². The van der Waals surface area contributed by atoms with Crippen molar-refractivity contribution in [3.63, 3.8) is 0 Å². The number of nitrogens with zero attached hydrogens (tertiary/aromatic N) is 1. The minimum Gasteiger partial charge on any atom is -0.481 e. The van der Waals surface area contributed by atoms with Crippen LogP contribution in [0.5, 0.6) is 5.75 Å². The molecule has 8 nitrogen and oxygen atoms in total. The molecule has 1 aromatic heterocycles. The lowest BCUT2D eigenvalue weighted by Gasteiger charge is -2.11. The van der Waals surface area contributed by atoms with Crippen LogP contribution in [0.2, 0.25) is 0 Å². The van der Waals surface area contributed by atoms with Gasteiger partial charge >= 0.3 is 23.6 Å². The van der Waals surface area contributed by atoms with Gasteiger partial charge in [-0.1, -0.05) is 0 Å². The first-order valence-corrected chi connectivity index (χ1v) is 4.48. The molecule has 0 amide bonds. The van der Waals surface area contributed by atoms with Crippen molar-refractivity contribution in [2.75, 3.05) is 0 Å². The molecule has 104 valence electrons. The summed E-state index contributed by atoms with van der Waals surface area (Å²) in [5, 5.41) is 18.9. The van der Waals surface area contributed by atoms with E-state index in [-0.39, 0.29) is 6.07 Å². The molecule has 0 aliphatic rings. The molecule has 0 aromatic carbocycles. The number of aromatic amines is 1. The van der Waals surface area contributed by atoms with Gasteiger partial charge in [-0.2, -0.15) is 0 Å². The highest BCUT2D eigenvalue weighted by Gasteiger charge is 2.34. The van der Waals surface area contributed by atoms with Gasteiger partial charge in [-0.25, -0.2) is 0 Å². The number of hydrogen-bond donors (Lipinski definition) is 2. The Labute approximate surface area is 101 Å². The Hall–Kier alpha value is -2.59. The van der Waals surface area contributed by atoms with Crippen LogP contribution in [-0.4, -0.2) is 27.3 Å². The summed E-state index contributed by atoms with van der Waals surface area (Å²) in [6.07, 6.45) is -6.17. The zero-order valence-electron chi connectivity index (χ0n) is 8.85. The van der Waals surface area contributed by atoms with Gasteiger partial charge in [-0.15, -0.1) is 13.2 Å². The molecule has 0 atom stereocenters. The van der Waals surface area contributed by atoms with Gasteiger partial charge in [0.25, 0.3) is 0 Å². The van der Waals surface area contributed by atoms with Gasteiger partial charge in [0.15, 0.2) is 5.75 Å². The molecule has 11 heteroatoms. The average Bonchev–Trinajstić information content (AvgIpc) is 2.18. The molecule has 0 bridgehead atoms. The number of carbonyl (C=O) groups is 1. The normalized spacial score (nSPS) is 11.1. The summed E-state index contributed by atoms with van der Waals surface area (Å²) in [6.45, 7) is 0. The molecule has 0 fully saturated rings. The molecule has 1 aromatic rings. The fourth-order valence-electron chi connectivity index (χ4n) is 1.17. The molecule has 0 spiro atoms. The van der Waals surface area contributed by atoms with Crippen molar-refractivity contribution in [2.45, 2.75) is 12.8 Å². The molecule has 0 unspecified atom stereocenters. The molecule has 0 radical (unpaired) electrons. The van der Waals surface area contributed by atoms with E-state index in [0.29, 0.717) is 0 Å². The van der Waals surface area contributed by atoms with Crippen LogP contribution in [0, 0.1) is 10.1 Å². The van der Waals surface area contributed by atoms with E-state index in [4.69, 9.17) is 5.11 Å². The van der Waals surface area contributed by atoms with E-state index in [1.165, 1.54) is 0 Å². The van der Waals surface area contributed by atoms with E-state index in [9.17, 15) is 32.9 Å². The van der Waals surface area contributed by atoms with Crippen molar-refractivity contribution in [3.05, 3.63) is 32.2 Å². The Morgan fingerprint density at radius 2 is 2.11 bits per heavy atom. The number of aliphatic carboxylic acids is 1. The third kappa shape index (κ3) is 3.97. The van der Waals surface area contributed by atoms with Crippen molar-refractivity contribution in [3.8, 4) is 5.75 Å². The molecule has 1 rings (SSSR count). The number of nitro groups is 1. The fraction of sp³-hybridized carbons (Fsp3) is 0.250. The predicted octanol–water partition coefficient (Wildman–Crippen LogP) is 0.809. The highest BCUT2D eigenvalue weighted by molar-refractivity contribution is 5.70. The van der Waals surface area contributed by atoms with Crippen LogP contribution in [0.1, 0.15) is 5.69 Å². The van der Waals surface area contributed by atoms with Gasteiger partial charge in [0.1, 0.15) is 0 Å². The van der Waals surface area contributed by atoms with Crippen molar-refractivity contribution < 1.29 is 32.7 Å². The number of hydrogen-bond acceptors (Lipinski definition) is 5. The second kappa shape index (κ2) is 4.96. The van der Waals surface area contributed by atoms with Crippen molar-refractivity contribution in [2.24, 2.45) is 0 Å². The lowest BCUT2D eigenvalue weighted by Crippen LogP contribution is -2.22. The number of pyridine rings is 1. The number of carboxylic acids is 1. The second-order valence-electron chi connectivity index (χ2n) is 3.20. The summed E-state index contributed by atoms with van der Waals surface area (Å²) < 4.78 is 39.6. The van der Waals surface area contributed by atoms with Crippen molar-refractivity contribution in [1.29, 1.82) is 0 Å². The maximum atomic E-state index is 12.1. The first-order valence-electron chi connectivity index (χ1n) is 4.48. The summed E-state index contributed by atoms with van der Waals surface area (Å²) in [6, 6.07) is 0.227. The Kier molecular flexibility index (Phi) is 3.77. The summed E-state index contributed by atoms with van der Waals surface area (Å²) in [7, 11) is 0. The number of nitrogens with one attached hydrogen (secondary N) is 1. The maximum Gasteiger partial charge on any atom is 0.573 e. The average molecular weight is 282 g/mol. The predicted molar refractivity (Wildman–Crippen MR) is 51.7 cm³/mol. The van der Waals surface area contributed by atoms with Gasteiger partial charge in [-0.05, 0) is 0 Å². The van der Waals surface area contributed by atoms with Crippen LogP contribution in [0.4, 0.5) is 18.9 Å². The zero-order valence-corrected chi connectivity index (χ0v) is 8.85. The lowest BCUT2D eigenvalue weighted by atomic mass is 10.2. The minimum absolute atomic E-state index is 0.227. The fourth-order valence-corrected chi connectivity index (χ4v) is 1.17. The van der Waals surface area contributed by atoms with E-state index in [2.05, 4.69) is 4.74 Å². The Morgan fingerprint density at radius 3 is 2.53 bits per heavy atom. The van der Waals surface area contributed by atoms with Gasteiger partial charge < -0.3 is 14.8 Å². The summed E-state index contributed by atoms with van der Waals surface area (Å²) >= 11 is 0. The molecule has 19 heavy (non-hydrogen) atoms. The van der Waals surface area contributed by atoms with Crippen LogP contribution in [0.15, 0.2) is 10.9 Å². The quantitative estimate of drug-likeness (QED) is 0.622. The number of ether oxygens (including phenoxy) is 1. The molecule has 0 saturated heterocycles. The third-order valence-electron chi connectivity index (χ3n) is 1.81. The molecule has 1 heterocycles. The molecular weight excluding hydrogens is 277 g/mol. The van der Waals surface area contributed by atoms with E-state index in [1.807, 2.05) is 0 Å². The number of carboxylic acid groups (broad SMARTS) is 1. The van der Waals surface area contributed by atoms with E-state index >= 15 is 0 Å². The first-order chi connectivity index (χ1) is 8.60. The summed E-state index contributed by atoms with van der Waals surface area (Å²) in [4.78, 5) is 32.4. The smallest absolute Gasteiger partial charge is 0.481 e.